The first-order valence-electron chi connectivity index (χ1n) is 7.27. The number of carbonyl (C=O) groups excluding carboxylic acids is 2. The van der Waals surface area contributed by atoms with Gasteiger partial charge in [0.15, 0.2) is 0 Å². The van der Waals surface area contributed by atoms with Crippen LogP contribution in [-0.4, -0.2) is 22.0 Å². The van der Waals surface area contributed by atoms with Gasteiger partial charge < -0.3 is 10.3 Å². The number of nitrogens with one attached hydrogen (secondary N) is 3. The zero-order chi connectivity index (χ0) is 16.9. The standard InChI is InChI=1S/C18H15N3O3/c22-17(21-24)10-9-12-5-1-3-7-14(12)20-18(23)16-11-13-6-2-4-8-15(13)19-16/h1-11,19,24H,(H,20,23)(H,21,22)/b10-9+. The van der Waals surface area contributed by atoms with Gasteiger partial charge in [-0.05, 0) is 29.8 Å². The first kappa shape index (κ1) is 15.5. The van der Waals surface area contributed by atoms with E-state index in [2.05, 4.69) is 10.3 Å². The number of benzene rings is 2. The van der Waals surface area contributed by atoms with Gasteiger partial charge in [-0.1, -0.05) is 36.4 Å². The molecule has 0 radical (unpaired) electrons. The lowest BCUT2D eigenvalue weighted by molar-refractivity contribution is -0.124. The first-order valence-corrected chi connectivity index (χ1v) is 7.27. The quantitative estimate of drug-likeness (QED) is 0.338. The molecule has 6 heteroatoms. The lowest BCUT2D eigenvalue weighted by Gasteiger charge is -2.07. The van der Waals surface area contributed by atoms with Crippen molar-refractivity contribution < 1.29 is 14.8 Å². The number of H-pyrrole nitrogens is 1. The summed E-state index contributed by atoms with van der Waals surface area (Å²) in [5.41, 5.74) is 4.05. The van der Waals surface area contributed by atoms with E-state index >= 15 is 0 Å². The molecule has 0 aliphatic carbocycles. The van der Waals surface area contributed by atoms with E-state index in [0.29, 0.717) is 16.9 Å². The number of fused-ring (bicyclic) bond motifs is 1. The summed E-state index contributed by atoms with van der Waals surface area (Å²) >= 11 is 0. The van der Waals surface area contributed by atoms with Gasteiger partial charge in [-0.15, -0.1) is 0 Å². The summed E-state index contributed by atoms with van der Waals surface area (Å²) in [5.74, 6) is -0.926. The van der Waals surface area contributed by atoms with Crippen molar-refractivity contribution in [1.29, 1.82) is 0 Å². The molecular weight excluding hydrogens is 306 g/mol. The Morgan fingerprint density at radius 3 is 2.58 bits per heavy atom. The van der Waals surface area contributed by atoms with E-state index in [9.17, 15) is 9.59 Å². The fourth-order valence-electron chi connectivity index (χ4n) is 2.34. The molecule has 3 aromatic rings. The molecule has 3 rings (SSSR count). The number of amides is 2. The Morgan fingerprint density at radius 1 is 1.04 bits per heavy atom. The molecule has 0 saturated carbocycles. The van der Waals surface area contributed by atoms with Gasteiger partial charge in [0.2, 0.25) is 0 Å². The Hall–Kier alpha value is -3.38. The summed E-state index contributed by atoms with van der Waals surface area (Å²) in [6, 6.07) is 16.5. The smallest absolute Gasteiger partial charge is 0.272 e. The van der Waals surface area contributed by atoms with Gasteiger partial charge >= 0.3 is 0 Å². The fraction of sp³-hybridized carbons (Fsp3) is 0. The summed E-state index contributed by atoms with van der Waals surface area (Å²) in [4.78, 5) is 26.6. The number of para-hydroxylation sites is 2. The molecule has 2 amide bonds. The van der Waals surface area contributed by atoms with Crippen molar-refractivity contribution in [3.05, 3.63) is 71.9 Å². The molecule has 0 aliphatic heterocycles. The van der Waals surface area contributed by atoms with Gasteiger partial charge in [0, 0.05) is 22.7 Å². The lowest BCUT2D eigenvalue weighted by Crippen LogP contribution is -2.15. The zero-order valence-corrected chi connectivity index (χ0v) is 12.6. The second-order valence-electron chi connectivity index (χ2n) is 5.12. The molecule has 1 heterocycles. The highest BCUT2D eigenvalue weighted by atomic mass is 16.5. The van der Waals surface area contributed by atoms with Crippen molar-refractivity contribution in [1.82, 2.24) is 10.5 Å². The third-order valence-corrected chi connectivity index (χ3v) is 3.51. The monoisotopic (exact) mass is 321 g/mol. The van der Waals surface area contributed by atoms with Crippen molar-refractivity contribution in [2.45, 2.75) is 0 Å². The number of hydroxylamine groups is 1. The normalized spacial score (nSPS) is 10.9. The Morgan fingerprint density at radius 2 is 1.79 bits per heavy atom. The number of carbonyl (C=O) groups is 2. The van der Waals surface area contributed by atoms with E-state index in [1.807, 2.05) is 24.3 Å². The van der Waals surface area contributed by atoms with Gasteiger partial charge in [-0.25, -0.2) is 5.48 Å². The average molecular weight is 321 g/mol. The van der Waals surface area contributed by atoms with Crippen molar-refractivity contribution in [3.63, 3.8) is 0 Å². The summed E-state index contributed by atoms with van der Waals surface area (Å²) in [6.07, 6.45) is 2.68. The largest absolute Gasteiger partial charge is 0.351 e. The number of aromatic nitrogens is 1. The highest BCUT2D eigenvalue weighted by Crippen LogP contribution is 2.19. The maximum atomic E-state index is 12.4. The Balaban J connectivity index is 1.84. The predicted molar refractivity (Wildman–Crippen MR) is 91.7 cm³/mol. The van der Waals surface area contributed by atoms with Gasteiger partial charge in [0.05, 0.1) is 0 Å². The third-order valence-electron chi connectivity index (χ3n) is 3.51. The van der Waals surface area contributed by atoms with Crippen LogP contribution < -0.4 is 10.8 Å². The molecule has 0 atom stereocenters. The number of rotatable bonds is 4. The first-order chi connectivity index (χ1) is 11.7. The van der Waals surface area contributed by atoms with Gasteiger partial charge in [-0.3, -0.25) is 14.8 Å². The summed E-state index contributed by atoms with van der Waals surface area (Å²) in [6.45, 7) is 0. The van der Waals surface area contributed by atoms with Crippen LogP contribution in [0.3, 0.4) is 0 Å². The number of anilines is 1. The second kappa shape index (κ2) is 6.80. The highest BCUT2D eigenvalue weighted by Gasteiger charge is 2.11. The Kier molecular flexibility index (Phi) is 4.40. The van der Waals surface area contributed by atoms with E-state index in [1.165, 1.54) is 17.6 Å². The molecule has 0 saturated heterocycles. The van der Waals surface area contributed by atoms with Crippen LogP contribution in [-0.2, 0) is 4.79 Å². The molecule has 120 valence electrons. The van der Waals surface area contributed by atoms with E-state index in [0.717, 1.165) is 10.9 Å². The molecule has 4 N–H and O–H groups in total. The van der Waals surface area contributed by atoms with Crippen LogP contribution in [0.5, 0.6) is 0 Å². The minimum Gasteiger partial charge on any atom is -0.351 e. The topological polar surface area (TPSA) is 94.2 Å². The number of hydrogen-bond donors (Lipinski definition) is 4. The van der Waals surface area contributed by atoms with Crippen LogP contribution in [0, 0.1) is 0 Å². The SMILES string of the molecule is O=C(/C=C/c1ccccc1NC(=O)c1cc2ccccc2[nH]1)NO. The molecule has 0 bridgehead atoms. The average Bonchev–Trinajstić information content (AvgIpc) is 3.05. The van der Waals surface area contributed by atoms with Crippen LogP contribution in [0.15, 0.2) is 60.7 Å². The van der Waals surface area contributed by atoms with Crippen LogP contribution in [0.2, 0.25) is 0 Å². The third kappa shape index (κ3) is 3.34. The maximum Gasteiger partial charge on any atom is 0.272 e. The number of aromatic amines is 1. The lowest BCUT2D eigenvalue weighted by atomic mass is 10.1. The molecule has 1 aromatic heterocycles. The minimum absolute atomic E-state index is 0.279. The molecule has 0 unspecified atom stereocenters. The molecule has 24 heavy (non-hydrogen) atoms. The van der Waals surface area contributed by atoms with E-state index < -0.39 is 5.91 Å². The van der Waals surface area contributed by atoms with Crippen LogP contribution in [0.25, 0.3) is 17.0 Å². The van der Waals surface area contributed by atoms with E-state index in [-0.39, 0.29) is 5.91 Å². The zero-order valence-electron chi connectivity index (χ0n) is 12.6. The van der Waals surface area contributed by atoms with Crippen molar-refractivity contribution in [2.24, 2.45) is 0 Å². The molecular formula is C18H15N3O3. The minimum atomic E-state index is -0.647. The molecule has 0 fully saturated rings. The van der Waals surface area contributed by atoms with Crippen molar-refractivity contribution in [3.8, 4) is 0 Å². The molecule has 2 aromatic carbocycles. The van der Waals surface area contributed by atoms with E-state index in [4.69, 9.17) is 5.21 Å². The van der Waals surface area contributed by atoms with Crippen LogP contribution in [0.1, 0.15) is 16.1 Å². The second-order valence-corrected chi connectivity index (χ2v) is 5.12. The predicted octanol–water partition coefficient (Wildman–Crippen LogP) is 2.94. The van der Waals surface area contributed by atoms with E-state index in [1.54, 1.807) is 30.3 Å². The summed E-state index contributed by atoms with van der Waals surface area (Å²) in [7, 11) is 0. The van der Waals surface area contributed by atoms with Gasteiger partial charge in [0.1, 0.15) is 5.69 Å². The Labute approximate surface area is 137 Å². The van der Waals surface area contributed by atoms with Gasteiger partial charge in [-0.2, -0.15) is 0 Å². The van der Waals surface area contributed by atoms with Crippen molar-refractivity contribution in [2.75, 3.05) is 5.32 Å². The number of hydrogen-bond acceptors (Lipinski definition) is 3. The fourth-order valence-corrected chi connectivity index (χ4v) is 2.34. The highest BCUT2D eigenvalue weighted by molar-refractivity contribution is 6.07. The molecule has 0 spiro atoms. The van der Waals surface area contributed by atoms with Crippen LogP contribution >= 0.6 is 0 Å². The molecule has 0 aliphatic rings. The van der Waals surface area contributed by atoms with Crippen LogP contribution in [0.4, 0.5) is 5.69 Å². The van der Waals surface area contributed by atoms with Gasteiger partial charge in [0.25, 0.3) is 11.8 Å². The molecule has 6 nitrogen and oxygen atoms in total. The van der Waals surface area contributed by atoms with Crippen molar-refractivity contribution >= 4 is 34.5 Å². The summed E-state index contributed by atoms with van der Waals surface area (Å²) in [5, 5.41) is 12.3. The maximum absolute atomic E-state index is 12.4. The Bertz CT molecular complexity index is 895. The summed E-state index contributed by atoms with van der Waals surface area (Å²) < 4.78 is 0.